The number of pyridine rings is 1. The molecule has 1 aromatic rings. The van der Waals surface area contributed by atoms with Crippen LogP contribution in [0, 0.1) is 0 Å². The van der Waals surface area contributed by atoms with Crippen LogP contribution in [0.4, 0.5) is 35.1 Å². The first-order valence-corrected chi connectivity index (χ1v) is 5.20. The summed E-state index contributed by atoms with van der Waals surface area (Å²) < 4.78 is 102. The average molecular weight is 330 g/mol. The van der Waals surface area contributed by atoms with Crippen LogP contribution < -0.4 is 4.74 Å². The van der Waals surface area contributed by atoms with E-state index >= 15 is 0 Å². The van der Waals surface area contributed by atoms with E-state index in [1.165, 1.54) is 0 Å². The Kier molecular flexibility index (Phi) is 4.67. The third-order valence-electron chi connectivity index (χ3n) is 1.97. The van der Waals surface area contributed by atoms with Gasteiger partial charge in [-0.15, -0.1) is 24.8 Å². The molecule has 0 bridgehead atoms. The minimum Gasteiger partial charge on any atom is -0.387 e. The molecular formula is C9H4ClF8NO. The molecule has 0 aliphatic rings. The van der Waals surface area contributed by atoms with Crippen molar-refractivity contribution in [2.24, 2.45) is 0 Å². The summed E-state index contributed by atoms with van der Waals surface area (Å²) in [7, 11) is 0. The maximum absolute atomic E-state index is 12.7. The Morgan fingerprint density at radius 2 is 1.70 bits per heavy atom. The monoisotopic (exact) mass is 329 g/mol. The lowest BCUT2D eigenvalue weighted by atomic mass is 10.1. The molecule has 0 aliphatic carbocycles. The van der Waals surface area contributed by atoms with E-state index in [0.717, 1.165) is 0 Å². The van der Waals surface area contributed by atoms with Gasteiger partial charge in [-0.1, -0.05) is 0 Å². The van der Waals surface area contributed by atoms with E-state index in [1.807, 2.05) is 0 Å². The number of hydrogen-bond acceptors (Lipinski definition) is 2. The Labute approximate surface area is 111 Å². The standard InChI is InChI=1S/C9H4ClF8NO/c10-2-3-1-4(8(13,14)15)19-7(5(3)6(11)12)20-9(16,17)18/h1,6H,2H2. The molecule has 0 amide bonds. The molecule has 1 heterocycles. The van der Waals surface area contributed by atoms with Gasteiger partial charge in [0.25, 0.3) is 6.43 Å². The average Bonchev–Trinajstić information content (AvgIpc) is 2.23. The molecule has 0 saturated carbocycles. The molecule has 0 fully saturated rings. The molecule has 114 valence electrons. The SMILES string of the molecule is FC(F)c1c(CCl)cc(C(F)(F)F)nc1OC(F)(F)F. The van der Waals surface area contributed by atoms with E-state index in [-0.39, 0.29) is 6.07 Å². The molecule has 1 rings (SSSR count). The van der Waals surface area contributed by atoms with Gasteiger partial charge in [0.05, 0.1) is 5.56 Å². The number of ether oxygens (including phenoxy) is 1. The third-order valence-corrected chi connectivity index (χ3v) is 2.26. The number of halogens is 9. The highest BCUT2D eigenvalue weighted by Crippen LogP contribution is 2.38. The van der Waals surface area contributed by atoms with Crippen LogP contribution in [0.2, 0.25) is 0 Å². The molecule has 0 spiro atoms. The fourth-order valence-corrected chi connectivity index (χ4v) is 1.48. The Hall–Kier alpha value is -1.32. The molecule has 0 unspecified atom stereocenters. The minimum atomic E-state index is -5.47. The van der Waals surface area contributed by atoms with Crippen LogP contribution in [0.15, 0.2) is 6.07 Å². The minimum absolute atomic E-state index is 0.151. The van der Waals surface area contributed by atoms with Crippen molar-refractivity contribution in [2.75, 3.05) is 0 Å². The molecule has 1 aromatic heterocycles. The summed E-state index contributed by atoms with van der Waals surface area (Å²) in [5.74, 6) is -2.72. The van der Waals surface area contributed by atoms with Crippen LogP contribution in [0.1, 0.15) is 23.2 Å². The summed E-state index contributed by atoms with van der Waals surface area (Å²) >= 11 is 5.18. The first-order valence-electron chi connectivity index (χ1n) is 4.66. The summed E-state index contributed by atoms with van der Waals surface area (Å²) in [5.41, 5.74) is -4.08. The summed E-state index contributed by atoms with van der Waals surface area (Å²) in [6.45, 7) is 0. The molecule has 0 aliphatic heterocycles. The lowest BCUT2D eigenvalue weighted by Crippen LogP contribution is -2.21. The maximum Gasteiger partial charge on any atom is 0.574 e. The molecule has 20 heavy (non-hydrogen) atoms. The normalized spacial score (nSPS) is 12.9. The van der Waals surface area contributed by atoms with Gasteiger partial charge in [0, 0.05) is 5.88 Å². The molecule has 0 saturated heterocycles. The lowest BCUT2D eigenvalue weighted by molar-refractivity contribution is -0.277. The number of aromatic nitrogens is 1. The van der Waals surface area contributed by atoms with Crippen molar-refractivity contribution in [3.05, 3.63) is 22.9 Å². The van der Waals surface area contributed by atoms with E-state index in [4.69, 9.17) is 11.6 Å². The Balaban J connectivity index is 3.50. The highest BCUT2D eigenvalue weighted by molar-refractivity contribution is 6.17. The molecule has 2 nitrogen and oxygen atoms in total. The predicted octanol–water partition coefficient (Wildman–Crippen LogP) is 4.68. The summed E-state index contributed by atoms with van der Waals surface area (Å²) in [4.78, 5) is 2.45. The van der Waals surface area contributed by atoms with Gasteiger partial charge in [-0.25, -0.2) is 13.8 Å². The fourth-order valence-electron chi connectivity index (χ4n) is 1.26. The largest absolute Gasteiger partial charge is 0.574 e. The zero-order valence-electron chi connectivity index (χ0n) is 9.12. The van der Waals surface area contributed by atoms with Gasteiger partial charge < -0.3 is 4.74 Å². The van der Waals surface area contributed by atoms with Crippen LogP contribution in [0.3, 0.4) is 0 Å². The smallest absolute Gasteiger partial charge is 0.387 e. The Morgan fingerprint density at radius 3 is 2.05 bits per heavy atom. The number of rotatable bonds is 3. The van der Waals surface area contributed by atoms with Crippen molar-refractivity contribution in [2.45, 2.75) is 24.8 Å². The zero-order valence-corrected chi connectivity index (χ0v) is 9.87. The first kappa shape index (κ1) is 16.7. The molecule has 0 atom stereocenters. The quantitative estimate of drug-likeness (QED) is 0.593. The van der Waals surface area contributed by atoms with E-state index in [0.29, 0.717) is 0 Å². The van der Waals surface area contributed by atoms with E-state index in [2.05, 4.69) is 9.72 Å². The Morgan fingerprint density at radius 1 is 1.15 bits per heavy atom. The van der Waals surface area contributed by atoms with Gasteiger partial charge in [-0.2, -0.15) is 13.2 Å². The van der Waals surface area contributed by atoms with Gasteiger partial charge in [0.1, 0.15) is 5.69 Å². The highest BCUT2D eigenvalue weighted by Gasteiger charge is 2.39. The summed E-state index contributed by atoms with van der Waals surface area (Å²) in [6.07, 6.45) is -14.1. The predicted molar refractivity (Wildman–Crippen MR) is 50.4 cm³/mol. The number of alkyl halides is 9. The zero-order chi connectivity index (χ0) is 15.7. The molecule has 11 heteroatoms. The topological polar surface area (TPSA) is 22.1 Å². The lowest BCUT2D eigenvalue weighted by Gasteiger charge is -2.17. The fraction of sp³-hybridized carbons (Fsp3) is 0.444. The van der Waals surface area contributed by atoms with Crippen LogP contribution in [0.25, 0.3) is 0 Å². The van der Waals surface area contributed by atoms with E-state index < -0.39 is 47.5 Å². The second-order valence-corrected chi connectivity index (χ2v) is 3.63. The van der Waals surface area contributed by atoms with Crippen LogP contribution in [0.5, 0.6) is 5.88 Å². The van der Waals surface area contributed by atoms with Gasteiger partial charge >= 0.3 is 12.5 Å². The summed E-state index contributed by atoms with van der Waals surface area (Å²) in [5, 5.41) is 0. The van der Waals surface area contributed by atoms with Crippen LogP contribution >= 0.6 is 11.6 Å². The van der Waals surface area contributed by atoms with Gasteiger partial charge in [-0.3, -0.25) is 0 Å². The Bertz CT molecular complexity index is 484. The van der Waals surface area contributed by atoms with Crippen LogP contribution in [-0.4, -0.2) is 11.3 Å². The van der Waals surface area contributed by atoms with Gasteiger partial charge in [0.15, 0.2) is 0 Å². The second kappa shape index (κ2) is 5.58. The number of hydrogen-bond donors (Lipinski definition) is 0. The number of nitrogens with zero attached hydrogens (tertiary/aromatic N) is 1. The molecule has 0 radical (unpaired) electrons. The van der Waals surface area contributed by atoms with Gasteiger partial charge in [-0.05, 0) is 11.6 Å². The van der Waals surface area contributed by atoms with Crippen molar-refractivity contribution < 1.29 is 39.9 Å². The van der Waals surface area contributed by atoms with Crippen molar-refractivity contribution >= 4 is 11.6 Å². The first-order chi connectivity index (χ1) is 8.95. The summed E-state index contributed by atoms with van der Waals surface area (Å²) in [6, 6.07) is 0.151. The molecule has 0 aromatic carbocycles. The van der Waals surface area contributed by atoms with E-state index in [1.54, 1.807) is 0 Å². The third kappa shape index (κ3) is 4.09. The van der Waals surface area contributed by atoms with Crippen molar-refractivity contribution in [1.29, 1.82) is 0 Å². The molecular weight excluding hydrogens is 326 g/mol. The maximum atomic E-state index is 12.7. The molecule has 0 N–H and O–H groups in total. The van der Waals surface area contributed by atoms with Crippen molar-refractivity contribution in [3.8, 4) is 5.88 Å². The highest BCUT2D eigenvalue weighted by atomic mass is 35.5. The second-order valence-electron chi connectivity index (χ2n) is 3.37. The van der Waals surface area contributed by atoms with Gasteiger partial charge in [0.2, 0.25) is 5.88 Å². The van der Waals surface area contributed by atoms with Crippen molar-refractivity contribution in [3.63, 3.8) is 0 Å². The van der Waals surface area contributed by atoms with Crippen LogP contribution in [-0.2, 0) is 12.1 Å². The van der Waals surface area contributed by atoms with E-state index in [9.17, 15) is 35.1 Å². The van der Waals surface area contributed by atoms with Crippen molar-refractivity contribution in [1.82, 2.24) is 4.98 Å².